The molecule has 5 rings (SSSR count). The lowest BCUT2D eigenvalue weighted by Gasteiger charge is -2.10. The largest absolute Gasteiger partial charge is 0.358 e. The SMILES string of the molecule is Cl.c1ccc2c(-c3cccc4[nH]c5c(c34)CCNCC5)cccc2c1. The molecule has 25 heavy (non-hydrogen) atoms. The molecule has 2 N–H and O–H groups in total. The summed E-state index contributed by atoms with van der Waals surface area (Å²) in [7, 11) is 0. The molecule has 0 saturated carbocycles. The third-order valence-corrected chi connectivity index (χ3v) is 5.20. The van der Waals surface area contributed by atoms with Gasteiger partial charge in [0.05, 0.1) is 0 Å². The van der Waals surface area contributed by atoms with E-state index in [0.717, 1.165) is 25.9 Å². The van der Waals surface area contributed by atoms with E-state index in [1.807, 2.05) is 0 Å². The van der Waals surface area contributed by atoms with Crippen LogP contribution in [0, 0.1) is 0 Å². The van der Waals surface area contributed by atoms with Crippen molar-refractivity contribution in [3.8, 4) is 11.1 Å². The van der Waals surface area contributed by atoms with E-state index in [0.29, 0.717) is 0 Å². The molecule has 0 saturated heterocycles. The molecule has 0 fully saturated rings. The summed E-state index contributed by atoms with van der Waals surface area (Å²) in [5.41, 5.74) is 6.86. The lowest BCUT2D eigenvalue weighted by molar-refractivity contribution is 0.708. The van der Waals surface area contributed by atoms with Gasteiger partial charge in [0.25, 0.3) is 0 Å². The Morgan fingerprint density at radius 3 is 2.44 bits per heavy atom. The number of aromatic amines is 1. The van der Waals surface area contributed by atoms with Gasteiger partial charge in [0.15, 0.2) is 0 Å². The van der Waals surface area contributed by atoms with Gasteiger partial charge >= 0.3 is 0 Å². The molecular weight excluding hydrogens is 328 g/mol. The van der Waals surface area contributed by atoms with Gasteiger partial charge in [-0.25, -0.2) is 0 Å². The zero-order valence-corrected chi connectivity index (χ0v) is 14.8. The zero-order valence-electron chi connectivity index (χ0n) is 14.0. The fourth-order valence-corrected chi connectivity index (χ4v) is 4.10. The van der Waals surface area contributed by atoms with E-state index < -0.39 is 0 Å². The van der Waals surface area contributed by atoms with Crippen LogP contribution in [0.1, 0.15) is 11.3 Å². The van der Waals surface area contributed by atoms with E-state index in [1.165, 1.54) is 44.1 Å². The lowest BCUT2D eigenvalue weighted by Crippen LogP contribution is -2.16. The van der Waals surface area contributed by atoms with E-state index in [4.69, 9.17) is 0 Å². The summed E-state index contributed by atoms with van der Waals surface area (Å²) in [5.74, 6) is 0. The molecule has 0 amide bonds. The molecule has 0 unspecified atom stereocenters. The van der Waals surface area contributed by atoms with Crippen LogP contribution in [0.3, 0.4) is 0 Å². The first-order valence-corrected chi connectivity index (χ1v) is 8.73. The third-order valence-electron chi connectivity index (χ3n) is 5.20. The van der Waals surface area contributed by atoms with Crippen molar-refractivity contribution in [2.45, 2.75) is 12.8 Å². The van der Waals surface area contributed by atoms with Crippen molar-refractivity contribution >= 4 is 34.1 Å². The molecule has 1 aliphatic heterocycles. The molecule has 1 aromatic heterocycles. The van der Waals surface area contributed by atoms with Crippen LogP contribution in [0.2, 0.25) is 0 Å². The normalized spacial score (nSPS) is 14.1. The van der Waals surface area contributed by atoms with Crippen molar-refractivity contribution < 1.29 is 0 Å². The van der Waals surface area contributed by atoms with E-state index in [9.17, 15) is 0 Å². The molecule has 4 aromatic rings. The number of halogens is 1. The number of H-pyrrole nitrogens is 1. The van der Waals surface area contributed by atoms with Gasteiger partial charge in [0, 0.05) is 29.6 Å². The molecular formula is C22H21ClN2. The number of nitrogens with one attached hydrogen (secondary N) is 2. The average Bonchev–Trinajstić information content (AvgIpc) is 2.83. The van der Waals surface area contributed by atoms with Crippen LogP contribution >= 0.6 is 12.4 Å². The molecule has 126 valence electrons. The zero-order chi connectivity index (χ0) is 15.9. The highest BCUT2D eigenvalue weighted by Gasteiger charge is 2.17. The summed E-state index contributed by atoms with van der Waals surface area (Å²) in [4.78, 5) is 3.67. The minimum atomic E-state index is 0. The molecule has 0 aliphatic carbocycles. The standard InChI is InChI=1S/C22H20N2.ClH/c1-2-7-16-15(5-1)6-3-8-17(16)18-9-4-10-21-22(18)19-11-13-23-14-12-20(19)24-21;/h1-10,23-24H,11-14H2;1H. The minimum absolute atomic E-state index is 0. The Morgan fingerprint density at radius 1 is 0.720 bits per heavy atom. The van der Waals surface area contributed by atoms with Gasteiger partial charge in [-0.05, 0) is 46.5 Å². The van der Waals surface area contributed by atoms with Crippen molar-refractivity contribution in [3.05, 3.63) is 71.9 Å². The van der Waals surface area contributed by atoms with Crippen LogP contribution in [0.5, 0.6) is 0 Å². The third kappa shape index (κ3) is 2.62. The van der Waals surface area contributed by atoms with Crippen molar-refractivity contribution in [1.82, 2.24) is 10.3 Å². The van der Waals surface area contributed by atoms with Gasteiger partial charge in [-0.2, -0.15) is 0 Å². The Balaban J connectivity index is 0.00000157. The maximum Gasteiger partial charge on any atom is 0.0465 e. The number of rotatable bonds is 1. The summed E-state index contributed by atoms with van der Waals surface area (Å²) < 4.78 is 0. The monoisotopic (exact) mass is 348 g/mol. The molecule has 0 radical (unpaired) electrons. The van der Waals surface area contributed by atoms with Crippen molar-refractivity contribution in [1.29, 1.82) is 0 Å². The predicted molar refractivity (Wildman–Crippen MR) is 109 cm³/mol. The van der Waals surface area contributed by atoms with Crippen LogP contribution < -0.4 is 5.32 Å². The molecule has 1 aliphatic rings. The van der Waals surface area contributed by atoms with Gasteiger partial charge < -0.3 is 10.3 Å². The summed E-state index contributed by atoms with van der Waals surface area (Å²) in [5, 5.41) is 7.55. The van der Waals surface area contributed by atoms with Gasteiger partial charge in [0.2, 0.25) is 0 Å². The summed E-state index contributed by atoms with van der Waals surface area (Å²) in [6.07, 6.45) is 2.18. The molecule has 0 bridgehead atoms. The van der Waals surface area contributed by atoms with Gasteiger partial charge in [0.1, 0.15) is 0 Å². The highest BCUT2D eigenvalue weighted by molar-refractivity contribution is 6.06. The van der Waals surface area contributed by atoms with Crippen LogP contribution in [-0.2, 0) is 12.8 Å². The van der Waals surface area contributed by atoms with Crippen LogP contribution in [0.4, 0.5) is 0 Å². The Bertz CT molecular complexity index is 1040. The van der Waals surface area contributed by atoms with Crippen molar-refractivity contribution in [2.24, 2.45) is 0 Å². The molecule has 3 aromatic carbocycles. The van der Waals surface area contributed by atoms with Crippen molar-refractivity contribution in [3.63, 3.8) is 0 Å². The Labute approximate surface area is 153 Å². The Morgan fingerprint density at radius 2 is 1.48 bits per heavy atom. The number of hydrogen-bond acceptors (Lipinski definition) is 1. The number of fused-ring (bicyclic) bond motifs is 4. The van der Waals surface area contributed by atoms with Gasteiger partial charge in [-0.1, -0.05) is 54.6 Å². The summed E-state index contributed by atoms with van der Waals surface area (Å²) in [6, 6.07) is 22.0. The van der Waals surface area contributed by atoms with E-state index in [-0.39, 0.29) is 12.4 Å². The highest BCUT2D eigenvalue weighted by atomic mass is 35.5. The van der Waals surface area contributed by atoms with Gasteiger partial charge in [-0.3, -0.25) is 0 Å². The first kappa shape index (κ1) is 16.2. The molecule has 2 nitrogen and oxygen atoms in total. The van der Waals surface area contributed by atoms with Crippen LogP contribution in [0.25, 0.3) is 32.8 Å². The smallest absolute Gasteiger partial charge is 0.0465 e. The molecule has 0 atom stereocenters. The van der Waals surface area contributed by atoms with Crippen molar-refractivity contribution in [2.75, 3.05) is 13.1 Å². The predicted octanol–water partition coefficient (Wildman–Crippen LogP) is 5.10. The Hall–Kier alpha value is -2.29. The average molecular weight is 349 g/mol. The quantitative estimate of drug-likeness (QED) is 0.492. The molecule has 3 heteroatoms. The maximum absolute atomic E-state index is 3.67. The number of hydrogen-bond donors (Lipinski definition) is 2. The second-order valence-electron chi connectivity index (χ2n) is 6.59. The highest BCUT2D eigenvalue weighted by Crippen LogP contribution is 2.37. The summed E-state index contributed by atoms with van der Waals surface area (Å²) >= 11 is 0. The number of benzene rings is 3. The minimum Gasteiger partial charge on any atom is -0.358 e. The van der Waals surface area contributed by atoms with Crippen LogP contribution in [-0.4, -0.2) is 18.1 Å². The van der Waals surface area contributed by atoms with E-state index in [2.05, 4.69) is 71.0 Å². The lowest BCUT2D eigenvalue weighted by atomic mass is 9.93. The number of aromatic nitrogens is 1. The van der Waals surface area contributed by atoms with Gasteiger partial charge in [-0.15, -0.1) is 12.4 Å². The van der Waals surface area contributed by atoms with E-state index in [1.54, 1.807) is 0 Å². The Kier molecular flexibility index (Phi) is 4.24. The fourth-order valence-electron chi connectivity index (χ4n) is 4.10. The second-order valence-corrected chi connectivity index (χ2v) is 6.59. The summed E-state index contributed by atoms with van der Waals surface area (Å²) in [6.45, 7) is 2.12. The molecule has 2 heterocycles. The van der Waals surface area contributed by atoms with Crippen LogP contribution in [0.15, 0.2) is 60.7 Å². The second kappa shape index (κ2) is 6.55. The molecule has 0 spiro atoms. The van der Waals surface area contributed by atoms with E-state index >= 15 is 0 Å². The fraction of sp³-hybridized carbons (Fsp3) is 0.182. The first-order valence-electron chi connectivity index (χ1n) is 8.73. The first-order chi connectivity index (χ1) is 11.9. The topological polar surface area (TPSA) is 27.8 Å². The maximum atomic E-state index is 3.67.